The van der Waals surface area contributed by atoms with Gasteiger partial charge in [0.15, 0.2) is 0 Å². The molecule has 1 aliphatic heterocycles. The zero-order chi connectivity index (χ0) is 24.8. The number of sulfonamides is 1. The number of carboxylic acids is 1. The molecule has 4 rings (SSSR count). The van der Waals surface area contributed by atoms with Crippen molar-refractivity contribution in [3.05, 3.63) is 65.1 Å². The molecule has 0 saturated carbocycles. The molecule has 1 fully saturated rings. The summed E-state index contributed by atoms with van der Waals surface area (Å²) < 4.78 is 81.2. The molecule has 0 amide bonds. The van der Waals surface area contributed by atoms with Crippen LogP contribution in [-0.4, -0.2) is 41.5 Å². The number of alkyl halides is 3. The second-order valence-corrected chi connectivity index (χ2v) is 10.3. The highest BCUT2D eigenvalue weighted by Gasteiger charge is 2.34. The van der Waals surface area contributed by atoms with Crippen LogP contribution in [0.5, 0.6) is 0 Å². The van der Waals surface area contributed by atoms with Crippen LogP contribution < -0.4 is 0 Å². The Morgan fingerprint density at radius 3 is 2.26 bits per heavy atom. The summed E-state index contributed by atoms with van der Waals surface area (Å²) in [6.07, 6.45) is -3.75. The summed E-state index contributed by atoms with van der Waals surface area (Å²) in [4.78, 5) is 11.1. The van der Waals surface area contributed by atoms with Crippen molar-refractivity contribution >= 4 is 26.9 Å². The number of carboxylic acid groups (broad SMARTS) is 1. The molecule has 2 heterocycles. The lowest BCUT2D eigenvalue weighted by Gasteiger charge is -2.31. The van der Waals surface area contributed by atoms with Crippen LogP contribution in [0.4, 0.5) is 17.6 Å². The van der Waals surface area contributed by atoms with Crippen molar-refractivity contribution in [3.8, 4) is 0 Å². The Hall–Kier alpha value is -2.92. The molecule has 1 N–H and O–H groups in total. The third-order valence-electron chi connectivity index (χ3n) is 6.31. The van der Waals surface area contributed by atoms with Crippen molar-refractivity contribution in [3.63, 3.8) is 0 Å². The summed E-state index contributed by atoms with van der Waals surface area (Å²) in [5.41, 5.74) is 1.15. The van der Waals surface area contributed by atoms with Crippen LogP contribution in [0.1, 0.15) is 35.6 Å². The maximum Gasteiger partial charge on any atom is 0.416 e. The van der Waals surface area contributed by atoms with Gasteiger partial charge in [0.05, 0.1) is 10.5 Å². The van der Waals surface area contributed by atoms with Gasteiger partial charge in [-0.1, -0.05) is 0 Å². The molecule has 0 atom stereocenters. The van der Waals surface area contributed by atoms with Crippen LogP contribution in [0, 0.1) is 12.7 Å². The molecule has 3 aromatic rings. The molecule has 6 nitrogen and oxygen atoms in total. The molecule has 0 unspecified atom stereocenters. The molecule has 11 heteroatoms. The van der Waals surface area contributed by atoms with E-state index in [9.17, 15) is 35.9 Å². The summed E-state index contributed by atoms with van der Waals surface area (Å²) in [6.45, 7) is 1.75. The highest BCUT2D eigenvalue weighted by molar-refractivity contribution is 7.89. The Kier molecular flexibility index (Phi) is 6.19. The largest absolute Gasteiger partial charge is 0.480 e. The quantitative estimate of drug-likeness (QED) is 0.515. The average Bonchev–Trinajstić information content (AvgIpc) is 3.03. The number of fused-ring (bicyclic) bond motifs is 1. The van der Waals surface area contributed by atoms with E-state index in [2.05, 4.69) is 0 Å². The Bertz CT molecular complexity index is 1340. The third-order valence-corrected chi connectivity index (χ3v) is 8.22. The fraction of sp³-hybridized carbons (Fsp3) is 0.348. The van der Waals surface area contributed by atoms with E-state index in [1.54, 1.807) is 11.5 Å². The van der Waals surface area contributed by atoms with Gasteiger partial charge >= 0.3 is 12.1 Å². The average molecular weight is 498 g/mol. The summed E-state index contributed by atoms with van der Waals surface area (Å²) >= 11 is 0. The van der Waals surface area contributed by atoms with Crippen LogP contribution >= 0.6 is 0 Å². The molecule has 0 aliphatic carbocycles. The van der Waals surface area contributed by atoms with E-state index in [4.69, 9.17) is 0 Å². The van der Waals surface area contributed by atoms with Crippen molar-refractivity contribution in [1.29, 1.82) is 0 Å². The van der Waals surface area contributed by atoms with Gasteiger partial charge in [0, 0.05) is 29.7 Å². The normalized spacial score (nSPS) is 16.3. The number of hydrogen-bond acceptors (Lipinski definition) is 3. The van der Waals surface area contributed by atoms with Gasteiger partial charge in [-0.25, -0.2) is 12.8 Å². The minimum Gasteiger partial charge on any atom is -0.480 e. The molecular weight excluding hydrogens is 476 g/mol. The molecule has 0 bridgehead atoms. The molecular formula is C23H22F4N2O4S. The van der Waals surface area contributed by atoms with E-state index >= 15 is 0 Å². The number of piperidine rings is 1. The van der Waals surface area contributed by atoms with Gasteiger partial charge in [-0.3, -0.25) is 4.79 Å². The van der Waals surface area contributed by atoms with Crippen LogP contribution in [0.3, 0.4) is 0 Å². The summed E-state index contributed by atoms with van der Waals surface area (Å²) in [7, 11) is -3.98. The number of benzene rings is 2. The Morgan fingerprint density at radius 2 is 1.71 bits per heavy atom. The van der Waals surface area contributed by atoms with Gasteiger partial charge in [0.2, 0.25) is 10.0 Å². The minimum atomic E-state index is -4.56. The number of nitrogens with zero attached hydrogens (tertiary/aromatic N) is 2. The van der Waals surface area contributed by atoms with Crippen molar-refractivity contribution in [1.82, 2.24) is 8.87 Å². The van der Waals surface area contributed by atoms with Gasteiger partial charge < -0.3 is 9.67 Å². The lowest BCUT2D eigenvalue weighted by molar-refractivity contribution is -0.138. The van der Waals surface area contributed by atoms with E-state index in [0.29, 0.717) is 29.4 Å². The van der Waals surface area contributed by atoms with Gasteiger partial charge in [0.1, 0.15) is 12.4 Å². The number of carbonyl (C=O) groups is 1. The van der Waals surface area contributed by atoms with Gasteiger partial charge in [-0.05, 0) is 73.7 Å². The highest BCUT2D eigenvalue weighted by atomic mass is 32.2. The topological polar surface area (TPSA) is 79.6 Å². The Morgan fingerprint density at radius 1 is 1.09 bits per heavy atom. The molecule has 34 heavy (non-hydrogen) atoms. The second kappa shape index (κ2) is 8.70. The lowest BCUT2D eigenvalue weighted by Crippen LogP contribution is -2.38. The molecule has 182 valence electrons. The van der Waals surface area contributed by atoms with E-state index in [1.165, 1.54) is 22.5 Å². The van der Waals surface area contributed by atoms with E-state index < -0.39 is 33.5 Å². The maximum absolute atomic E-state index is 14.0. The fourth-order valence-corrected chi connectivity index (χ4v) is 6.15. The molecule has 1 aromatic heterocycles. The van der Waals surface area contributed by atoms with E-state index in [-0.39, 0.29) is 30.4 Å². The van der Waals surface area contributed by atoms with E-state index in [1.807, 2.05) is 0 Å². The van der Waals surface area contributed by atoms with Gasteiger partial charge in [-0.2, -0.15) is 17.5 Å². The third kappa shape index (κ3) is 4.41. The first-order chi connectivity index (χ1) is 15.9. The predicted molar refractivity (Wildman–Crippen MR) is 116 cm³/mol. The molecule has 2 aromatic carbocycles. The second-order valence-electron chi connectivity index (χ2n) is 8.34. The van der Waals surface area contributed by atoms with Gasteiger partial charge in [-0.15, -0.1) is 0 Å². The zero-order valence-corrected chi connectivity index (χ0v) is 19.0. The summed E-state index contributed by atoms with van der Waals surface area (Å²) in [6, 6.07) is 7.57. The van der Waals surface area contributed by atoms with Crippen molar-refractivity contribution in [2.24, 2.45) is 0 Å². The van der Waals surface area contributed by atoms with Crippen LogP contribution in [0.2, 0.25) is 0 Å². The number of rotatable bonds is 5. The summed E-state index contributed by atoms with van der Waals surface area (Å²) in [5, 5.41) is 9.89. The number of hydrogen-bond donors (Lipinski definition) is 1. The smallest absolute Gasteiger partial charge is 0.416 e. The van der Waals surface area contributed by atoms with Crippen LogP contribution in [0.15, 0.2) is 47.4 Å². The maximum atomic E-state index is 14.0. The molecule has 0 spiro atoms. The van der Waals surface area contributed by atoms with Crippen LogP contribution in [0.25, 0.3) is 10.9 Å². The first kappa shape index (κ1) is 24.2. The Labute approximate surface area is 193 Å². The monoisotopic (exact) mass is 498 g/mol. The molecule has 1 saturated heterocycles. The lowest BCUT2D eigenvalue weighted by atomic mass is 9.88. The minimum absolute atomic E-state index is 0.126. The van der Waals surface area contributed by atoms with Gasteiger partial charge in [0.25, 0.3) is 0 Å². The SMILES string of the molecule is Cc1c(C2CCN(S(=O)(=O)c3ccc(C(F)(F)F)cc3)CC2)c2cc(F)ccc2n1CC(=O)O. The number of aliphatic carboxylic acids is 1. The van der Waals surface area contributed by atoms with Crippen LogP contribution in [-0.2, 0) is 27.5 Å². The number of halogens is 4. The Balaban J connectivity index is 1.59. The first-order valence-corrected chi connectivity index (χ1v) is 12.0. The van der Waals surface area contributed by atoms with Crippen molar-refractivity contribution in [2.75, 3.05) is 13.1 Å². The summed E-state index contributed by atoms with van der Waals surface area (Å²) in [5.74, 6) is -1.62. The standard InChI is InChI=1S/C23H22F4N2O4S/c1-14-22(19-12-17(24)4-7-20(19)29(14)13-21(30)31)15-8-10-28(11-9-15)34(32,33)18-5-2-16(3-6-18)23(25,26)27/h2-7,12,15H,8-11,13H2,1H3,(H,30,31). The van der Waals surface area contributed by atoms with Crippen molar-refractivity contribution in [2.45, 2.75) is 43.3 Å². The van der Waals surface area contributed by atoms with Crippen molar-refractivity contribution < 1.29 is 35.9 Å². The fourth-order valence-electron chi connectivity index (χ4n) is 4.68. The first-order valence-electron chi connectivity index (χ1n) is 10.6. The zero-order valence-electron chi connectivity index (χ0n) is 18.1. The van der Waals surface area contributed by atoms with E-state index in [0.717, 1.165) is 29.8 Å². The molecule has 0 radical (unpaired) electrons. The molecule has 1 aliphatic rings. The highest BCUT2D eigenvalue weighted by Crippen LogP contribution is 2.39. The predicted octanol–water partition coefficient (Wildman–Crippen LogP) is 4.76. The number of aromatic nitrogens is 1.